The van der Waals surface area contributed by atoms with Gasteiger partial charge in [-0.2, -0.15) is 4.31 Å². The fourth-order valence-electron chi connectivity index (χ4n) is 3.67. The highest BCUT2D eigenvalue weighted by atomic mass is 32.2. The monoisotopic (exact) mass is 413 g/mol. The SMILES string of the molecule is Cc1ccc(S(=O)(=O)N2CC(OC(F)(F)F)C[C@](C)(c3ccccc3)C2)cc1. The standard InChI is InChI=1S/C20H22F3NO3S/c1-15-8-10-18(11-9-15)28(25,26)24-13-17(27-20(21,22)23)12-19(2,14-24)16-6-4-3-5-7-16/h3-11,17H,12-14H2,1-2H3/t17?,19-/m0/s1. The van der Waals surface area contributed by atoms with Gasteiger partial charge in [0.1, 0.15) is 0 Å². The van der Waals surface area contributed by atoms with Crippen LogP contribution >= 0.6 is 0 Å². The topological polar surface area (TPSA) is 46.6 Å². The predicted octanol–water partition coefficient (Wildman–Crippen LogP) is 4.25. The van der Waals surface area contributed by atoms with Crippen LogP contribution in [0.4, 0.5) is 13.2 Å². The molecule has 0 N–H and O–H groups in total. The summed E-state index contributed by atoms with van der Waals surface area (Å²) in [5.74, 6) is 0. The molecule has 152 valence electrons. The number of nitrogens with zero attached hydrogens (tertiary/aromatic N) is 1. The number of hydrogen-bond donors (Lipinski definition) is 0. The summed E-state index contributed by atoms with van der Waals surface area (Å²) in [5.41, 5.74) is 0.854. The summed E-state index contributed by atoms with van der Waals surface area (Å²) in [7, 11) is -3.96. The zero-order valence-electron chi connectivity index (χ0n) is 15.6. The Morgan fingerprint density at radius 1 is 1.07 bits per heavy atom. The maximum absolute atomic E-state index is 13.1. The van der Waals surface area contributed by atoms with Crippen LogP contribution in [0.15, 0.2) is 59.5 Å². The van der Waals surface area contributed by atoms with E-state index < -0.39 is 27.9 Å². The van der Waals surface area contributed by atoms with E-state index in [1.54, 1.807) is 49.4 Å². The molecule has 0 bridgehead atoms. The minimum atomic E-state index is -4.83. The van der Waals surface area contributed by atoms with E-state index in [1.165, 1.54) is 12.1 Å². The molecule has 1 aliphatic heterocycles. The zero-order valence-corrected chi connectivity index (χ0v) is 16.4. The summed E-state index contributed by atoms with van der Waals surface area (Å²) in [6, 6.07) is 15.2. The fraction of sp³-hybridized carbons (Fsp3) is 0.400. The molecule has 0 saturated carbocycles. The van der Waals surface area contributed by atoms with Crippen LogP contribution in [-0.4, -0.2) is 38.3 Å². The van der Waals surface area contributed by atoms with E-state index in [0.29, 0.717) is 0 Å². The van der Waals surface area contributed by atoms with E-state index in [1.807, 2.05) is 6.92 Å². The van der Waals surface area contributed by atoms with E-state index in [9.17, 15) is 21.6 Å². The summed E-state index contributed by atoms with van der Waals surface area (Å²) >= 11 is 0. The van der Waals surface area contributed by atoms with Crippen molar-refractivity contribution in [3.05, 3.63) is 65.7 Å². The number of hydrogen-bond acceptors (Lipinski definition) is 3. The molecule has 1 unspecified atom stereocenters. The van der Waals surface area contributed by atoms with E-state index in [2.05, 4.69) is 4.74 Å². The van der Waals surface area contributed by atoms with Crippen LogP contribution in [0.25, 0.3) is 0 Å². The largest absolute Gasteiger partial charge is 0.522 e. The van der Waals surface area contributed by atoms with Gasteiger partial charge in [-0.1, -0.05) is 55.0 Å². The van der Waals surface area contributed by atoms with Gasteiger partial charge in [0.25, 0.3) is 0 Å². The summed E-state index contributed by atoms with van der Waals surface area (Å²) in [6.07, 6.45) is -6.06. The molecule has 2 atom stereocenters. The first kappa shape index (κ1) is 20.8. The van der Waals surface area contributed by atoms with Crippen molar-refractivity contribution in [3.63, 3.8) is 0 Å². The van der Waals surface area contributed by atoms with Crippen molar-refractivity contribution in [1.82, 2.24) is 4.31 Å². The van der Waals surface area contributed by atoms with Gasteiger partial charge in [0.05, 0.1) is 11.0 Å². The minimum absolute atomic E-state index is 0.0566. The average Bonchev–Trinajstić information content (AvgIpc) is 2.61. The highest BCUT2D eigenvalue weighted by Gasteiger charge is 2.46. The molecule has 1 heterocycles. The Bertz CT molecular complexity index is 914. The first-order valence-corrected chi connectivity index (χ1v) is 10.3. The lowest BCUT2D eigenvalue weighted by molar-refractivity contribution is -0.346. The molecule has 0 amide bonds. The fourth-order valence-corrected chi connectivity index (χ4v) is 5.27. The summed E-state index contributed by atoms with van der Waals surface area (Å²) < 4.78 is 70.3. The van der Waals surface area contributed by atoms with E-state index >= 15 is 0 Å². The number of benzene rings is 2. The van der Waals surface area contributed by atoms with Crippen molar-refractivity contribution < 1.29 is 26.3 Å². The van der Waals surface area contributed by atoms with Crippen LogP contribution in [0.2, 0.25) is 0 Å². The number of aryl methyl sites for hydroxylation is 1. The Balaban J connectivity index is 1.98. The Hall–Kier alpha value is -1.90. The van der Waals surface area contributed by atoms with E-state index in [-0.39, 0.29) is 24.4 Å². The van der Waals surface area contributed by atoms with Gasteiger partial charge in [0.15, 0.2) is 0 Å². The number of sulfonamides is 1. The molecule has 1 saturated heterocycles. The van der Waals surface area contributed by atoms with Gasteiger partial charge in [0, 0.05) is 18.5 Å². The van der Waals surface area contributed by atoms with Crippen molar-refractivity contribution in [2.75, 3.05) is 13.1 Å². The third-order valence-corrected chi connectivity index (χ3v) is 6.87. The maximum Gasteiger partial charge on any atom is 0.522 e. The molecule has 2 aromatic carbocycles. The predicted molar refractivity (Wildman–Crippen MR) is 99.3 cm³/mol. The zero-order chi connectivity index (χ0) is 20.6. The van der Waals surface area contributed by atoms with Gasteiger partial charge >= 0.3 is 6.36 Å². The number of alkyl halides is 3. The molecular formula is C20H22F3NO3S. The Kier molecular flexibility index (Phi) is 5.58. The molecule has 1 aliphatic rings. The molecule has 0 aliphatic carbocycles. The molecule has 0 spiro atoms. The lowest BCUT2D eigenvalue weighted by Crippen LogP contribution is -2.54. The summed E-state index contributed by atoms with van der Waals surface area (Å²) in [5, 5.41) is 0. The van der Waals surface area contributed by atoms with E-state index in [0.717, 1.165) is 15.4 Å². The molecule has 3 rings (SSSR count). The molecule has 8 heteroatoms. The van der Waals surface area contributed by atoms with Crippen LogP contribution in [0, 0.1) is 6.92 Å². The van der Waals surface area contributed by atoms with Gasteiger partial charge in [0.2, 0.25) is 10.0 Å². The first-order valence-electron chi connectivity index (χ1n) is 8.86. The Labute approximate surface area is 163 Å². The molecule has 0 radical (unpaired) electrons. The van der Waals surface area contributed by atoms with Crippen molar-refractivity contribution in [3.8, 4) is 0 Å². The van der Waals surface area contributed by atoms with Gasteiger partial charge in [-0.15, -0.1) is 13.2 Å². The van der Waals surface area contributed by atoms with Crippen LogP contribution in [-0.2, 0) is 20.2 Å². The van der Waals surface area contributed by atoms with E-state index in [4.69, 9.17) is 0 Å². The van der Waals surface area contributed by atoms with Crippen LogP contribution in [0.1, 0.15) is 24.5 Å². The van der Waals surface area contributed by atoms with Crippen molar-refractivity contribution >= 4 is 10.0 Å². The second kappa shape index (κ2) is 7.50. The van der Waals surface area contributed by atoms with Crippen molar-refractivity contribution in [2.24, 2.45) is 0 Å². The molecule has 28 heavy (non-hydrogen) atoms. The maximum atomic E-state index is 13.1. The highest BCUT2D eigenvalue weighted by molar-refractivity contribution is 7.89. The lowest BCUT2D eigenvalue weighted by Gasteiger charge is -2.43. The molecular weight excluding hydrogens is 391 g/mol. The normalized spacial score (nSPS) is 24.2. The van der Waals surface area contributed by atoms with Crippen LogP contribution in [0.5, 0.6) is 0 Å². The Morgan fingerprint density at radius 2 is 1.68 bits per heavy atom. The summed E-state index contributed by atoms with van der Waals surface area (Å²) in [4.78, 5) is 0.0566. The molecule has 0 aromatic heterocycles. The molecule has 4 nitrogen and oxygen atoms in total. The average molecular weight is 413 g/mol. The van der Waals surface area contributed by atoms with Crippen molar-refractivity contribution in [2.45, 2.75) is 43.0 Å². The number of rotatable bonds is 4. The number of piperidine rings is 1. The van der Waals surface area contributed by atoms with Gasteiger partial charge < -0.3 is 0 Å². The first-order chi connectivity index (χ1) is 13.0. The smallest absolute Gasteiger partial charge is 0.287 e. The lowest BCUT2D eigenvalue weighted by atomic mass is 9.75. The Morgan fingerprint density at radius 3 is 2.25 bits per heavy atom. The van der Waals surface area contributed by atoms with Crippen LogP contribution < -0.4 is 0 Å². The van der Waals surface area contributed by atoms with Gasteiger partial charge in [-0.3, -0.25) is 4.74 Å². The molecule has 2 aromatic rings. The third kappa shape index (κ3) is 4.56. The number of halogens is 3. The third-order valence-electron chi connectivity index (χ3n) is 5.04. The van der Waals surface area contributed by atoms with Crippen molar-refractivity contribution in [1.29, 1.82) is 0 Å². The van der Waals surface area contributed by atoms with Crippen LogP contribution in [0.3, 0.4) is 0 Å². The molecule has 1 fully saturated rings. The second-order valence-electron chi connectivity index (χ2n) is 7.43. The minimum Gasteiger partial charge on any atom is -0.287 e. The van der Waals surface area contributed by atoms with Gasteiger partial charge in [-0.05, 0) is 31.0 Å². The van der Waals surface area contributed by atoms with Gasteiger partial charge in [-0.25, -0.2) is 8.42 Å². The number of ether oxygens (including phenoxy) is 1. The summed E-state index contributed by atoms with van der Waals surface area (Å²) in [6.45, 7) is 3.33. The highest BCUT2D eigenvalue weighted by Crippen LogP contribution is 2.38. The quantitative estimate of drug-likeness (QED) is 0.753. The second-order valence-corrected chi connectivity index (χ2v) is 9.36.